The Morgan fingerprint density at radius 2 is 2.12 bits per heavy atom. The zero-order valence-electron chi connectivity index (χ0n) is 15.5. The van der Waals surface area contributed by atoms with Crippen molar-refractivity contribution in [2.75, 3.05) is 0 Å². The van der Waals surface area contributed by atoms with Crippen LogP contribution in [0.5, 0.6) is 0 Å². The van der Waals surface area contributed by atoms with Crippen molar-refractivity contribution in [2.45, 2.75) is 66.3 Å². The van der Waals surface area contributed by atoms with Crippen LogP contribution in [0.3, 0.4) is 0 Å². The number of primary amides is 1. The fourth-order valence-electron chi connectivity index (χ4n) is 3.77. The topological polar surface area (TPSA) is 78.0 Å². The zero-order valence-corrected chi connectivity index (χ0v) is 16.3. The van der Waals surface area contributed by atoms with Gasteiger partial charge in [-0.15, -0.1) is 11.3 Å². The van der Waals surface area contributed by atoms with Crippen LogP contribution in [0, 0.1) is 18.3 Å². The minimum absolute atomic E-state index is 0.0404. The largest absolute Gasteiger partial charge is 0.370 e. The first-order chi connectivity index (χ1) is 11.7. The average molecular weight is 362 g/mol. The summed E-state index contributed by atoms with van der Waals surface area (Å²) < 4.78 is 1.70. The summed E-state index contributed by atoms with van der Waals surface area (Å²) in [5, 5.41) is 0.803. The van der Waals surface area contributed by atoms with Crippen LogP contribution >= 0.6 is 11.3 Å². The van der Waals surface area contributed by atoms with E-state index in [9.17, 15) is 9.59 Å². The van der Waals surface area contributed by atoms with Crippen molar-refractivity contribution in [1.29, 1.82) is 0 Å². The van der Waals surface area contributed by atoms with Crippen molar-refractivity contribution in [1.82, 2.24) is 9.55 Å². The van der Waals surface area contributed by atoms with Crippen molar-refractivity contribution < 1.29 is 4.79 Å². The van der Waals surface area contributed by atoms with Gasteiger partial charge in [0.1, 0.15) is 10.7 Å². The van der Waals surface area contributed by atoms with E-state index >= 15 is 0 Å². The summed E-state index contributed by atoms with van der Waals surface area (Å²) >= 11 is 1.69. The van der Waals surface area contributed by atoms with Gasteiger partial charge in [-0.3, -0.25) is 14.2 Å². The molecule has 0 bridgehead atoms. The summed E-state index contributed by atoms with van der Waals surface area (Å²) in [5.41, 5.74) is 6.74. The van der Waals surface area contributed by atoms with Gasteiger partial charge in [0.25, 0.3) is 5.56 Å². The summed E-state index contributed by atoms with van der Waals surface area (Å²) in [5.74, 6) is 1.03. The quantitative estimate of drug-likeness (QED) is 0.908. The van der Waals surface area contributed by atoms with E-state index < -0.39 is 0 Å². The fourth-order valence-corrected chi connectivity index (χ4v) is 5.11. The predicted molar refractivity (Wildman–Crippen MR) is 102 cm³/mol. The van der Waals surface area contributed by atoms with E-state index in [2.05, 4.69) is 20.8 Å². The number of aromatic nitrogens is 2. The van der Waals surface area contributed by atoms with E-state index in [0.29, 0.717) is 31.1 Å². The van der Waals surface area contributed by atoms with Crippen LogP contribution in [0.2, 0.25) is 0 Å². The number of hydrogen-bond acceptors (Lipinski definition) is 4. The molecule has 1 atom stereocenters. The van der Waals surface area contributed by atoms with Gasteiger partial charge in [-0.1, -0.05) is 20.8 Å². The third-order valence-electron chi connectivity index (χ3n) is 5.39. The molecule has 0 saturated heterocycles. The number of fused-ring (bicyclic) bond motifs is 3. The second kappa shape index (κ2) is 6.56. The minimum atomic E-state index is -0.333. The summed E-state index contributed by atoms with van der Waals surface area (Å²) in [4.78, 5) is 30.9. The van der Waals surface area contributed by atoms with Crippen LogP contribution in [-0.2, 0) is 24.2 Å². The highest BCUT2D eigenvalue weighted by atomic mass is 32.1. The number of hydrogen-bond donors (Lipinski definition) is 1. The highest BCUT2D eigenvalue weighted by Gasteiger charge is 2.31. The number of nitrogens with two attached hydrogens (primary N) is 1. The second-order valence-electron chi connectivity index (χ2n) is 8.18. The van der Waals surface area contributed by atoms with Gasteiger partial charge in [-0.05, 0) is 49.5 Å². The van der Waals surface area contributed by atoms with Gasteiger partial charge < -0.3 is 5.73 Å². The molecule has 0 aromatic carbocycles. The number of carbonyl (C=O) groups is 1. The molecule has 6 heteroatoms. The Balaban J connectivity index is 1.99. The molecule has 2 aromatic rings. The molecule has 0 spiro atoms. The normalized spacial score (nSPS) is 17.7. The average Bonchev–Trinajstić information content (AvgIpc) is 2.86. The van der Waals surface area contributed by atoms with Crippen molar-refractivity contribution in [2.24, 2.45) is 17.1 Å². The van der Waals surface area contributed by atoms with E-state index in [4.69, 9.17) is 10.7 Å². The minimum Gasteiger partial charge on any atom is -0.370 e. The third kappa shape index (κ3) is 3.50. The molecule has 0 saturated carbocycles. The lowest BCUT2D eigenvalue weighted by Crippen LogP contribution is -2.28. The monoisotopic (exact) mass is 361 g/mol. The van der Waals surface area contributed by atoms with E-state index in [0.717, 1.165) is 29.5 Å². The van der Waals surface area contributed by atoms with Crippen LogP contribution in [0.15, 0.2) is 4.79 Å². The molecule has 1 aliphatic rings. The molecular formula is C19H27N3O2S. The van der Waals surface area contributed by atoms with Crippen molar-refractivity contribution in [3.63, 3.8) is 0 Å². The maximum Gasteiger partial charge on any atom is 0.262 e. The molecule has 1 aliphatic carbocycles. The van der Waals surface area contributed by atoms with E-state index in [-0.39, 0.29) is 16.9 Å². The Morgan fingerprint density at radius 3 is 2.76 bits per heavy atom. The lowest BCUT2D eigenvalue weighted by Gasteiger charge is -2.33. The lowest BCUT2D eigenvalue weighted by atomic mass is 9.72. The van der Waals surface area contributed by atoms with Crippen LogP contribution in [0.4, 0.5) is 0 Å². The Bertz CT molecular complexity index is 873. The van der Waals surface area contributed by atoms with Crippen LogP contribution < -0.4 is 11.3 Å². The Morgan fingerprint density at radius 1 is 1.40 bits per heavy atom. The first kappa shape index (κ1) is 18.1. The SMILES string of the molecule is Cc1nc2sc3c(c2c(=O)n1CCCC(N)=O)CCC(C(C)(C)C)C3. The first-order valence-corrected chi connectivity index (χ1v) is 9.80. The van der Waals surface area contributed by atoms with Crippen molar-refractivity contribution in [3.8, 4) is 0 Å². The van der Waals surface area contributed by atoms with Gasteiger partial charge in [-0.2, -0.15) is 0 Å². The molecule has 25 heavy (non-hydrogen) atoms. The summed E-state index contributed by atoms with van der Waals surface area (Å²) in [6.07, 6.45) is 3.98. The van der Waals surface area contributed by atoms with Gasteiger partial charge >= 0.3 is 0 Å². The molecular weight excluding hydrogens is 334 g/mol. The van der Waals surface area contributed by atoms with Gasteiger partial charge in [0.15, 0.2) is 0 Å². The molecule has 2 N–H and O–H groups in total. The Kier molecular flexibility index (Phi) is 4.75. The van der Waals surface area contributed by atoms with Crippen molar-refractivity contribution in [3.05, 3.63) is 26.6 Å². The molecule has 2 aromatic heterocycles. The number of rotatable bonds is 4. The van der Waals surface area contributed by atoms with E-state index in [1.807, 2.05) is 6.92 Å². The molecule has 5 nitrogen and oxygen atoms in total. The van der Waals surface area contributed by atoms with Crippen molar-refractivity contribution >= 4 is 27.5 Å². The standard InChI is InChI=1S/C19H27N3O2S/c1-11-21-17-16(18(24)22(11)9-5-6-15(20)23)13-8-7-12(19(2,3)4)10-14(13)25-17/h12H,5-10H2,1-4H3,(H2,20,23). The van der Waals surface area contributed by atoms with Crippen LogP contribution in [0.25, 0.3) is 10.2 Å². The van der Waals surface area contributed by atoms with Gasteiger partial charge in [0, 0.05) is 17.8 Å². The molecule has 1 unspecified atom stereocenters. The third-order valence-corrected chi connectivity index (χ3v) is 6.54. The zero-order chi connectivity index (χ0) is 18.4. The number of aryl methyl sites for hydroxylation is 2. The molecule has 3 rings (SSSR count). The number of nitrogens with zero attached hydrogens (tertiary/aromatic N) is 2. The molecule has 0 fully saturated rings. The molecule has 0 radical (unpaired) electrons. The maximum atomic E-state index is 13.0. The first-order valence-electron chi connectivity index (χ1n) is 8.98. The van der Waals surface area contributed by atoms with Gasteiger partial charge in [0.2, 0.25) is 5.91 Å². The number of thiophene rings is 1. The second-order valence-corrected chi connectivity index (χ2v) is 9.26. The summed E-state index contributed by atoms with van der Waals surface area (Å²) in [6, 6.07) is 0. The summed E-state index contributed by atoms with van der Waals surface area (Å²) in [6.45, 7) is 9.24. The fraction of sp³-hybridized carbons (Fsp3) is 0.632. The van der Waals surface area contributed by atoms with E-state index in [1.54, 1.807) is 15.9 Å². The molecule has 136 valence electrons. The number of amides is 1. The van der Waals surface area contributed by atoms with E-state index in [1.165, 1.54) is 10.4 Å². The van der Waals surface area contributed by atoms with Gasteiger partial charge in [0.05, 0.1) is 5.39 Å². The molecule has 0 aliphatic heterocycles. The Hall–Kier alpha value is -1.69. The smallest absolute Gasteiger partial charge is 0.262 e. The highest BCUT2D eigenvalue weighted by Crippen LogP contribution is 2.42. The molecule has 2 heterocycles. The predicted octanol–water partition coefficient (Wildman–Crippen LogP) is 3.18. The Labute approximate surface area is 152 Å². The van der Waals surface area contributed by atoms with Crippen LogP contribution in [0.1, 0.15) is 56.3 Å². The number of carbonyl (C=O) groups excluding carboxylic acids is 1. The maximum absolute atomic E-state index is 13.0. The van der Waals surface area contributed by atoms with Gasteiger partial charge in [-0.25, -0.2) is 4.98 Å². The van der Waals surface area contributed by atoms with Crippen LogP contribution in [-0.4, -0.2) is 15.5 Å². The summed E-state index contributed by atoms with van der Waals surface area (Å²) in [7, 11) is 0. The molecule has 1 amide bonds. The lowest BCUT2D eigenvalue weighted by molar-refractivity contribution is -0.118. The highest BCUT2D eigenvalue weighted by molar-refractivity contribution is 7.18.